The second kappa shape index (κ2) is 8.54. The zero-order valence-electron chi connectivity index (χ0n) is 15.6. The molecule has 3 rings (SSSR count). The normalized spacial score (nSPS) is 17.3. The smallest absolute Gasteiger partial charge is 0.403 e. The van der Waals surface area contributed by atoms with Crippen LogP contribution in [0.1, 0.15) is 17.3 Å². The lowest BCUT2D eigenvalue weighted by Crippen LogP contribution is -2.34. The highest BCUT2D eigenvalue weighted by Crippen LogP contribution is 2.29. The fourth-order valence-electron chi connectivity index (χ4n) is 2.79. The Labute approximate surface area is 169 Å². The average molecular weight is 423 g/mol. The van der Waals surface area contributed by atoms with E-state index in [1.165, 1.54) is 35.5 Å². The number of alkyl halides is 3. The van der Waals surface area contributed by atoms with Crippen molar-refractivity contribution in [1.29, 1.82) is 0 Å². The van der Waals surface area contributed by atoms with Crippen molar-refractivity contribution in [3.63, 3.8) is 0 Å². The molecule has 6 nitrogen and oxygen atoms in total. The van der Waals surface area contributed by atoms with Gasteiger partial charge in [-0.2, -0.15) is 0 Å². The average Bonchev–Trinajstić information content (AvgIpc) is 2.69. The topological polar surface area (TPSA) is 74.7 Å². The molecule has 0 fully saturated rings. The van der Waals surface area contributed by atoms with Gasteiger partial charge in [0.2, 0.25) is 0 Å². The van der Waals surface area contributed by atoms with Crippen molar-refractivity contribution in [3.8, 4) is 5.75 Å². The molecule has 1 aromatic carbocycles. The zero-order valence-corrected chi connectivity index (χ0v) is 15.6. The van der Waals surface area contributed by atoms with Crippen LogP contribution in [0.4, 0.5) is 17.6 Å². The summed E-state index contributed by atoms with van der Waals surface area (Å²) < 4.78 is 55.0. The molecule has 2 heterocycles. The number of likely N-dealkylation sites (N-methyl/N-ethyl adjacent to an activating group) is 1. The van der Waals surface area contributed by atoms with E-state index in [2.05, 4.69) is 15.0 Å². The molecule has 0 aliphatic carbocycles. The molecule has 0 bridgehead atoms. The van der Waals surface area contributed by atoms with Gasteiger partial charge in [0.1, 0.15) is 6.23 Å². The van der Waals surface area contributed by atoms with Gasteiger partial charge in [0, 0.05) is 19.4 Å². The van der Waals surface area contributed by atoms with Crippen LogP contribution in [-0.4, -0.2) is 40.5 Å². The van der Waals surface area contributed by atoms with Crippen LogP contribution in [0.5, 0.6) is 5.75 Å². The monoisotopic (exact) mass is 423 g/mol. The summed E-state index contributed by atoms with van der Waals surface area (Å²) in [6.45, 7) is 0. The van der Waals surface area contributed by atoms with Crippen LogP contribution in [0.25, 0.3) is 0 Å². The van der Waals surface area contributed by atoms with Gasteiger partial charge in [-0.1, -0.05) is 12.1 Å². The molecule has 2 aromatic rings. The number of carbonyl (C=O) groups is 1. The van der Waals surface area contributed by atoms with Crippen molar-refractivity contribution in [1.82, 2.24) is 15.2 Å². The number of nitrogens with one attached hydrogen (secondary N) is 1. The van der Waals surface area contributed by atoms with Gasteiger partial charge < -0.3 is 20.1 Å². The van der Waals surface area contributed by atoms with Crippen LogP contribution in [0.15, 0.2) is 66.5 Å². The van der Waals surface area contributed by atoms with Crippen molar-refractivity contribution < 1.29 is 32.2 Å². The Bertz CT molecular complexity index is 977. The van der Waals surface area contributed by atoms with E-state index in [-0.39, 0.29) is 11.1 Å². The van der Waals surface area contributed by atoms with E-state index in [4.69, 9.17) is 0 Å². The van der Waals surface area contributed by atoms with Gasteiger partial charge in [0.25, 0.3) is 5.91 Å². The minimum absolute atomic E-state index is 0.169. The third kappa shape index (κ3) is 5.15. The second-order valence-electron chi connectivity index (χ2n) is 6.42. The lowest BCUT2D eigenvalue weighted by molar-refractivity contribution is -0.275. The summed E-state index contributed by atoms with van der Waals surface area (Å²) in [7, 11) is 1.58. The van der Waals surface area contributed by atoms with Crippen molar-refractivity contribution in [3.05, 3.63) is 83.6 Å². The molecule has 0 saturated heterocycles. The van der Waals surface area contributed by atoms with Gasteiger partial charge >= 0.3 is 6.36 Å². The fourth-order valence-corrected chi connectivity index (χ4v) is 2.79. The summed E-state index contributed by atoms with van der Waals surface area (Å²) in [5, 5.41) is 12.4. The molecule has 0 spiro atoms. The number of aromatic nitrogens is 1. The highest BCUT2D eigenvalue weighted by Gasteiger charge is 2.32. The summed E-state index contributed by atoms with van der Waals surface area (Å²) >= 11 is 0. The van der Waals surface area contributed by atoms with Crippen molar-refractivity contribution in [2.24, 2.45) is 0 Å². The maximum atomic E-state index is 14.2. The van der Waals surface area contributed by atoms with Crippen molar-refractivity contribution in [2.45, 2.75) is 18.6 Å². The van der Waals surface area contributed by atoms with Gasteiger partial charge in [0.15, 0.2) is 11.6 Å². The molecule has 0 radical (unpaired) electrons. The molecule has 30 heavy (non-hydrogen) atoms. The van der Waals surface area contributed by atoms with E-state index in [9.17, 15) is 27.5 Å². The third-order valence-electron chi connectivity index (χ3n) is 4.24. The Morgan fingerprint density at radius 3 is 2.67 bits per heavy atom. The van der Waals surface area contributed by atoms with Crippen LogP contribution in [-0.2, 0) is 4.79 Å². The number of amides is 1. The van der Waals surface area contributed by atoms with E-state index in [1.54, 1.807) is 25.2 Å². The molecule has 0 saturated carbocycles. The van der Waals surface area contributed by atoms with Crippen LogP contribution >= 0.6 is 0 Å². The fraction of sp³-hybridized carbons (Fsp3) is 0.200. The first-order valence-electron chi connectivity index (χ1n) is 8.71. The molecule has 2 atom stereocenters. The van der Waals surface area contributed by atoms with Gasteiger partial charge in [-0.05, 0) is 42.0 Å². The van der Waals surface area contributed by atoms with E-state index in [0.717, 1.165) is 12.1 Å². The number of hydrogen-bond donors (Lipinski definition) is 2. The maximum absolute atomic E-state index is 14.2. The molecule has 1 amide bonds. The van der Waals surface area contributed by atoms with E-state index >= 15 is 0 Å². The number of aliphatic hydroxyl groups is 1. The first kappa shape index (κ1) is 21.3. The quantitative estimate of drug-likeness (QED) is 0.724. The molecular formula is C20H17F4N3O3. The third-order valence-corrected chi connectivity index (χ3v) is 4.24. The van der Waals surface area contributed by atoms with Crippen LogP contribution in [0.3, 0.4) is 0 Å². The van der Waals surface area contributed by atoms with Gasteiger partial charge in [-0.25, -0.2) is 4.39 Å². The molecule has 10 heteroatoms. The summed E-state index contributed by atoms with van der Waals surface area (Å²) in [6, 6.07) is 6.84. The molecule has 1 aromatic heterocycles. The zero-order chi connectivity index (χ0) is 21.9. The van der Waals surface area contributed by atoms with Gasteiger partial charge in [-0.3, -0.25) is 9.78 Å². The number of benzene rings is 1. The number of hydrogen-bond acceptors (Lipinski definition) is 5. The van der Waals surface area contributed by atoms with Crippen molar-refractivity contribution >= 4 is 5.91 Å². The number of nitrogens with zero attached hydrogens (tertiary/aromatic N) is 2. The summed E-state index contributed by atoms with van der Waals surface area (Å²) in [4.78, 5) is 18.3. The maximum Gasteiger partial charge on any atom is 0.573 e. The number of pyridine rings is 1. The largest absolute Gasteiger partial charge is 0.573 e. The number of halogens is 4. The molecule has 2 N–H and O–H groups in total. The highest BCUT2D eigenvalue weighted by atomic mass is 19.4. The molecule has 1 unspecified atom stereocenters. The lowest BCUT2D eigenvalue weighted by Gasteiger charge is -2.25. The predicted octanol–water partition coefficient (Wildman–Crippen LogP) is 3.03. The summed E-state index contributed by atoms with van der Waals surface area (Å²) in [5.74, 6) is -2.76. The number of ether oxygens (including phenoxy) is 1. The Morgan fingerprint density at radius 2 is 2.07 bits per heavy atom. The predicted molar refractivity (Wildman–Crippen MR) is 98.3 cm³/mol. The Hall–Kier alpha value is -3.40. The highest BCUT2D eigenvalue weighted by molar-refractivity contribution is 5.96. The Kier molecular flexibility index (Phi) is 6.06. The Morgan fingerprint density at radius 1 is 1.30 bits per heavy atom. The Balaban J connectivity index is 1.91. The van der Waals surface area contributed by atoms with Crippen LogP contribution in [0.2, 0.25) is 0 Å². The molecule has 1 aliphatic rings. The summed E-state index contributed by atoms with van der Waals surface area (Å²) in [5.41, 5.74) is 0.743. The first-order valence-corrected chi connectivity index (χ1v) is 8.71. The SMILES string of the molecule is CN1C=C(C(=O)N[C@@H](c2ccc(OC(F)(F)F)c(F)c2)c2ccccn2)C=CC1O. The van der Waals surface area contributed by atoms with E-state index in [1.807, 2.05) is 0 Å². The first-order chi connectivity index (χ1) is 14.1. The van der Waals surface area contributed by atoms with E-state index < -0.39 is 36.1 Å². The van der Waals surface area contributed by atoms with E-state index in [0.29, 0.717) is 5.69 Å². The minimum Gasteiger partial charge on any atom is -0.403 e. The molecule has 158 valence electrons. The van der Waals surface area contributed by atoms with Crippen molar-refractivity contribution in [2.75, 3.05) is 7.05 Å². The minimum atomic E-state index is -5.03. The lowest BCUT2D eigenvalue weighted by atomic mass is 10.0. The van der Waals surface area contributed by atoms with Gasteiger partial charge in [0.05, 0.1) is 17.3 Å². The standard InChI is InChI=1S/C20H17F4N3O3/c1-27-11-13(6-8-17(27)28)19(29)26-18(15-4-2-3-9-25-15)12-5-7-16(14(21)10-12)30-20(22,23)24/h2-11,17-18,28H,1H3,(H,26,29)/t17?,18-/m0/s1. The number of rotatable bonds is 5. The van der Waals surface area contributed by atoms with Gasteiger partial charge in [-0.15, -0.1) is 13.2 Å². The molecular weight excluding hydrogens is 406 g/mol. The number of carbonyl (C=O) groups excluding carboxylic acids is 1. The number of aliphatic hydroxyl groups excluding tert-OH is 1. The summed E-state index contributed by atoms with van der Waals surface area (Å²) in [6.07, 6.45) is -0.174. The molecule has 1 aliphatic heterocycles. The van der Waals surface area contributed by atoms with Crippen LogP contribution in [0, 0.1) is 5.82 Å². The van der Waals surface area contributed by atoms with Crippen LogP contribution < -0.4 is 10.1 Å². The second-order valence-corrected chi connectivity index (χ2v) is 6.42.